The Balaban J connectivity index is 1.92. The van der Waals surface area contributed by atoms with E-state index in [1.54, 1.807) is 14.0 Å². The maximum atomic E-state index is 12.1. The number of benzene rings is 1. The minimum absolute atomic E-state index is 0.250. The number of ether oxygens (including phenoxy) is 1. The zero-order chi connectivity index (χ0) is 16.7. The first kappa shape index (κ1) is 16.5. The summed E-state index contributed by atoms with van der Waals surface area (Å²) in [7, 11) is 1.59. The van der Waals surface area contributed by atoms with E-state index in [0.29, 0.717) is 11.4 Å². The fourth-order valence-electron chi connectivity index (χ4n) is 1.96. The highest BCUT2D eigenvalue weighted by atomic mass is 16.5. The molecule has 2 N–H and O–H groups in total. The lowest BCUT2D eigenvalue weighted by Crippen LogP contribution is -2.35. The predicted octanol–water partition coefficient (Wildman–Crippen LogP) is 2.35. The number of amides is 1. The summed E-state index contributed by atoms with van der Waals surface area (Å²) in [5, 5.41) is 7.02. The van der Waals surface area contributed by atoms with Gasteiger partial charge in [0, 0.05) is 5.69 Å². The Morgan fingerprint density at radius 3 is 2.78 bits per heavy atom. The summed E-state index contributed by atoms with van der Waals surface area (Å²) in [6, 6.07) is 12.6. The number of nitrogens with zero attached hydrogens (tertiary/aromatic N) is 2. The Labute approximate surface area is 135 Å². The third kappa shape index (κ3) is 4.81. The topological polar surface area (TPSA) is 75.6 Å². The molecule has 6 nitrogen and oxygen atoms in total. The molecule has 0 radical (unpaired) electrons. The van der Waals surface area contributed by atoms with E-state index < -0.39 is 6.04 Å². The fraction of sp³-hybridized carbons (Fsp3) is 0.235. The number of hydrazone groups is 1. The van der Waals surface area contributed by atoms with Gasteiger partial charge in [0.25, 0.3) is 5.91 Å². The van der Waals surface area contributed by atoms with Crippen LogP contribution in [0, 0.1) is 6.92 Å². The maximum Gasteiger partial charge on any atom is 0.262 e. The van der Waals surface area contributed by atoms with Gasteiger partial charge >= 0.3 is 0 Å². The Kier molecular flexibility index (Phi) is 5.68. The van der Waals surface area contributed by atoms with E-state index in [2.05, 4.69) is 20.8 Å². The first-order valence-electron chi connectivity index (χ1n) is 7.26. The summed E-state index contributed by atoms with van der Waals surface area (Å²) in [5.41, 5.74) is 4.83. The van der Waals surface area contributed by atoms with Gasteiger partial charge in [0.15, 0.2) is 0 Å². The number of nitrogens with one attached hydrogen (secondary N) is 2. The van der Waals surface area contributed by atoms with Crippen LogP contribution < -0.4 is 15.5 Å². The molecule has 0 saturated carbocycles. The van der Waals surface area contributed by atoms with Crippen molar-refractivity contribution in [1.82, 2.24) is 10.4 Å². The standard InChI is InChI=1S/C17H20N4O2/c1-12-7-6-8-14(19-12)11-18-21-17(22)13(2)20-15-9-4-5-10-16(15)23-3/h4-11,13,20H,1-3H3,(H,21,22). The minimum Gasteiger partial charge on any atom is -0.495 e. The smallest absolute Gasteiger partial charge is 0.262 e. The molecule has 1 aromatic carbocycles. The molecule has 0 aliphatic rings. The van der Waals surface area contributed by atoms with Crippen molar-refractivity contribution >= 4 is 17.8 Å². The quantitative estimate of drug-likeness (QED) is 0.634. The van der Waals surface area contributed by atoms with Gasteiger partial charge in [-0.1, -0.05) is 18.2 Å². The Hall–Kier alpha value is -2.89. The highest BCUT2D eigenvalue weighted by molar-refractivity contribution is 5.86. The van der Waals surface area contributed by atoms with E-state index >= 15 is 0 Å². The molecule has 1 amide bonds. The molecule has 0 aliphatic heterocycles. The SMILES string of the molecule is COc1ccccc1NC(C)C(=O)NN=Cc1cccc(C)n1. The van der Waals surface area contributed by atoms with Crippen molar-refractivity contribution in [2.24, 2.45) is 5.10 Å². The van der Waals surface area contributed by atoms with Gasteiger partial charge in [-0.15, -0.1) is 0 Å². The molecule has 120 valence electrons. The number of anilines is 1. The van der Waals surface area contributed by atoms with Gasteiger partial charge in [0.2, 0.25) is 0 Å². The van der Waals surface area contributed by atoms with Crippen LogP contribution in [-0.4, -0.2) is 30.3 Å². The minimum atomic E-state index is -0.464. The summed E-state index contributed by atoms with van der Waals surface area (Å²) in [5.74, 6) is 0.430. The van der Waals surface area contributed by atoms with Crippen molar-refractivity contribution in [3.05, 3.63) is 53.9 Å². The van der Waals surface area contributed by atoms with Crippen molar-refractivity contribution in [2.45, 2.75) is 19.9 Å². The van der Waals surface area contributed by atoms with Crippen molar-refractivity contribution in [3.8, 4) is 5.75 Å². The van der Waals surface area contributed by atoms with Crippen LogP contribution in [0.1, 0.15) is 18.3 Å². The third-order valence-corrected chi connectivity index (χ3v) is 3.15. The molecule has 0 fully saturated rings. The van der Waals surface area contributed by atoms with E-state index in [9.17, 15) is 4.79 Å². The molecular weight excluding hydrogens is 292 g/mol. The molecule has 0 aliphatic carbocycles. The molecule has 0 bridgehead atoms. The van der Waals surface area contributed by atoms with E-state index in [1.165, 1.54) is 6.21 Å². The summed E-state index contributed by atoms with van der Waals surface area (Å²) in [6.07, 6.45) is 1.51. The Bertz CT molecular complexity index is 700. The zero-order valence-corrected chi connectivity index (χ0v) is 13.4. The lowest BCUT2D eigenvalue weighted by Gasteiger charge is -2.15. The average molecular weight is 312 g/mol. The molecule has 1 aromatic heterocycles. The first-order valence-corrected chi connectivity index (χ1v) is 7.26. The zero-order valence-electron chi connectivity index (χ0n) is 13.4. The molecule has 0 spiro atoms. The first-order chi connectivity index (χ1) is 11.1. The van der Waals surface area contributed by atoms with E-state index in [-0.39, 0.29) is 5.91 Å². The van der Waals surface area contributed by atoms with Crippen molar-refractivity contribution in [3.63, 3.8) is 0 Å². The number of para-hydroxylation sites is 2. The molecular formula is C17H20N4O2. The van der Waals surface area contributed by atoms with Gasteiger partial charge < -0.3 is 10.1 Å². The fourth-order valence-corrected chi connectivity index (χ4v) is 1.96. The summed E-state index contributed by atoms with van der Waals surface area (Å²) in [6.45, 7) is 3.65. The number of pyridine rings is 1. The van der Waals surface area contributed by atoms with Crippen LogP contribution >= 0.6 is 0 Å². The average Bonchev–Trinajstić information content (AvgIpc) is 2.55. The molecule has 23 heavy (non-hydrogen) atoms. The number of carbonyl (C=O) groups excluding carboxylic acids is 1. The van der Waals surface area contributed by atoms with Gasteiger partial charge in [0.05, 0.1) is 24.7 Å². The maximum absolute atomic E-state index is 12.1. The van der Waals surface area contributed by atoms with Gasteiger partial charge in [0.1, 0.15) is 11.8 Å². The largest absolute Gasteiger partial charge is 0.495 e. The van der Waals surface area contributed by atoms with Crippen LogP contribution in [0.15, 0.2) is 47.6 Å². The molecule has 2 aromatic rings. The van der Waals surface area contributed by atoms with Crippen molar-refractivity contribution < 1.29 is 9.53 Å². The van der Waals surface area contributed by atoms with E-state index in [4.69, 9.17) is 4.74 Å². The summed E-state index contributed by atoms with van der Waals surface area (Å²) >= 11 is 0. The highest BCUT2D eigenvalue weighted by Crippen LogP contribution is 2.23. The number of methoxy groups -OCH3 is 1. The van der Waals surface area contributed by atoms with Crippen LogP contribution in [0.2, 0.25) is 0 Å². The van der Waals surface area contributed by atoms with Crippen molar-refractivity contribution in [2.75, 3.05) is 12.4 Å². The van der Waals surface area contributed by atoms with Gasteiger partial charge in [-0.05, 0) is 38.1 Å². The lowest BCUT2D eigenvalue weighted by atomic mass is 10.2. The van der Waals surface area contributed by atoms with Crippen LogP contribution in [0.25, 0.3) is 0 Å². The number of hydrogen-bond donors (Lipinski definition) is 2. The van der Waals surface area contributed by atoms with Crippen LogP contribution in [0.3, 0.4) is 0 Å². The Morgan fingerprint density at radius 2 is 2.04 bits per heavy atom. The predicted molar refractivity (Wildman–Crippen MR) is 90.8 cm³/mol. The third-order valence-electron chi connectivity index (χ3n) is 3.15. The second-order valence-corrected chi connectivity index (χ2v) is 5.00. The van der Waals surface area contributed by atoms with Gasteiger partial charge in [-0.25, -0.2) is 5.43 Å². The second kappa shape index (κ2) is 7.93. The number of aromatic nitrogens is 1. The molecule has 6 heteroatoms. The number of hydrogen-bond acceptors (Lipinski definition) is 5. The second-order valence-electron chi connectivity index (χ2n) is 5.00. The van der Waals surface area contributed by atoms with Crippen molar-refractivity contribution in [1.29, 1.82) is 0 Å². The van der Waals surface area contributed by atoms with Gasteiger partial charge in [-0.3, -0.25) is 9.78 Å². The normalized spacial score (nSPS) is 12.0. The number of carbonyl (C=O) groups is 1. The molecule has 1 atom stereocenters. The van der Waals surface area contributed by atoms with Crippen LogP contribution in [0.5, 0.6) is 5.75 Å². The van der Waals surface area contributed by atoms with E-state index in [0.717, 1.165) is 11.4 Å². The molecule has 1 unspecified atom stereocenters. The summed E-state index contributed by atoms with van der Waals surface area (Å²) < 4.78 is 5.24. The molecule has 0 saturated heterocycles. The Morgan fingerprint density at radius 1 is 1.26 bits per heavy atom. The van der Waals surface area contributed by atoms with Crippen LogP contribution in [-0.2, 0) is 4.79 Å². The van der Waals surface area contributed by atoms with E-state index in [1.807, 2.05) is 49.4 Å². The van der Waals surface area contributed by atoms with Crippen LogP contribution in [0.4, 0.5) is 5.69 Å². The number of aryl methyl sites for hydroxylation is 1. The van der Waals surface area contributed by atoms with Gasteiger partial charge in [-0.2, -0.15) is 5.10 Å². The molecule has 1 heterocycles. The lowest BCUT2D eigenvalue weighted by molar-refractivity contribution is -0.121. The molecule has 2 rings (SSSR count). The highest BCUT2D eigenvalue weighted by Gasteiger charge is 2.13. The summed E-state index contributed by atoms with van der Waals surface area (Å²) in [4.78, 5) is 16.3. The number of rotatable bonds is 6. The monoisotopic (exact) mass is 312 g/mol.